The first-order valence-corrected chi connectivity index (χ1v) is 7.25. The van der Waals surface area contributed by atoms with Crippen molar-refractivity contribution in [3.8, 4) is 0 Å². The molecule has 20 heavy (non-hydrogen) atoms. The highest BCUT2D eigenvalue weighted by atomic mass is 16.7. The largest absolute Gasteiger partial charge is 0.478 e. The number of aliphatic carboxylic acids is 1. The molecule has 1 rings (SSSR count). The van der Waals surface area contributed by atoms with Gasteiger partial charge in [-0.1, -0.05) is 19.3 Å². The van der Waals surface area contributed by atoms with E-state index in [2.05, 4.69) is 0 Å². The number of hydrogen-bond donors (Lipinski definition) is 2. The van der Waals surface area contributed by atoms with Crippen LogP contribution in [0.3, 0.4) is 0 Å². The van der Waals surface area contributed by atoms with E-state index in [-0.39, 0.29) is 18.3 Å². The van der Waals surface area contributed by atoms with Crippen LogP contribution in [0.15, 0.2) is 12.2 Å². The molecule has 0 unspecified atom stereocenters. The van der Waals surface area contributed by atoms with Crippen LogP contribution in [0, 0.1) is 0 Å². The fourth-order valence-electron chi connectivity index (χ4n) is 2.39. The predicted molar refractivity (Wildman–Crippen MR) is 75.4 cm³/mol. The highest BCUT2D eigenvalue weighted by molar-refractivity contribution is 5.79. The summed E-state index contributed by atoms with van der Waals surface area (Å²) >= 11 is 0. The Morgan fingerprint density at radius 1 is 1.30 bits per heavy atom. The summed E-state index contributed by atoms with van der Waals surface area (Å²) in [6.45, 7) is 5.47. The fourth-order valence-corrected chi connectivity index (χ4v) is 2.39. The number of unbranched alkanes of at least 4 members (excludes halogenated alkanes) is 2. The molecule has 0 aromatic heterocycles. The molecule has 2 N–H and O–H groups in total. The van der Waals surface area contributed by atoms with Gasteiger partial charge in [0.2, 0.25) is 0 Å². The second-order valence-electron chi connectivity index (χ2n) is 5.82. The summed E-state index contributed by atoms with van der Waals surface area (Å²) in [5, 5.41) is 17.9. The number of ether oxygens (including phenoxy) is 2. The van der Waals surface area contributed by atoms with Crippen LogP contribution in [-0.2, 0) is 14.3 Å². The Hall–Kier alpha value is -0.910. The molecular formula is C15H26O5. The molecule has 0 bridgehead atoms. The van der Waals surface area contributed by atoms with Crippen LogP contribution in [-0.4, -0.2) is 40.3 Å². The summed E-state index contributed by atoms with van der Waals surface area (Å²) in [5.41, 5.74) is 0. The first-order chi connectivity index (χ1) is 9.30. The average molecular weight is 286 g/mol. The first-order valence-electron chi connectivity index (χ1n) is 7.25. The Kier molecular flexibility index (Phi) is 6.65. The molecule has 1 aliphatic rings. The van der Waals surface area contributed by atoms with Gasteiger partial charge in [-0.15, -0.1) is 0 Å². The topological polar surface area (TPSA) is 76.0 Å². The molecule has 1 saturated heterocycles. The Bertz CT molecular complexity index is 335. The van der Waals surface area contributed by atoms with E-state index in [0.29, 0.717) is 0 Å². The highest BCUT2D eigenvalue weighted by Crippen LogP contribution is 2.31. The molecular weight excluding hydrogens is 260 g/mol. The van der Waals surface area contributed by atoms with Crippen LogP contribution in [0.1, 0.15) is 52.9 Å². The zero-order valence-corrected chi connectivity index (χ0v) is 12.5. The molecule has 0 aromatic rings. The van der Waals surface area contributed by atoms with E-state index in [4.69, 9.17) is 14.6 Å². The Labute approximate surface area is 120 Å². The summed E-state index contributed by atoms with van der Waals surface area (Å²) in [4.78, 5) is 10.6. The van der Waals surface area contributed by atoms with Crippen molar-refractivity contribution in [1.82, 2.24) is 0 Å². The van der Waals surface area contributed by atoms with Gasteiger partial charge in [0.25, 0.3) is 0 Å². The molecule has 0 aromatic carbocycles. The fraction of sp³-hybridized carbons (Fsp3) is 0.800. The first kappa shape index (κ1) is 17.1. The van der Waals surface area contributed by atoms with Crippen LogP contribution < -0.4 is 0 Å². The van der Waals surface area contributed by atoms with Crippen LogP contribution in [0.4, 0.5) is 0 Å². The van der Waals surface area contributed by atoms with Gasteiger partial charge in [-0.25, -0.2) is 4.79 Å². The van der Waals surface area contributed by atoms with Gasteiger partial charge in [-0.3, -0.25) is 0 Å². The predicted octanol–water partition coefficient (Wildman–Crippen LogP) is 2.48. The molecule has 0 aliphatic carbocycles. The molecule has 3 atom stereocenters. The van der Waals surface area contributed by atoms with Crippen molar-refractivity contribution < 1.29 is 24.5 Å². The standard InChI is InChI=1S/C15H26O5/c1-11(16)7-5-4-6-8-12-13(9-10-14(17)18)20-15(2,3)19-12/h9-13,16H,4-8H2,1-3H3,(H,17,18)/b10-9+/t11-,12+,13+/m1/s1. The third-order valence-electron chi connectivity index (χ3n) is 3.26. The maximum atomic E-state index is 10.6. The molecule has 5 heteroatoms. The Morgan fingerprint density at radius 3 is 2.60 bits per heavy atom. The van der Waals surface area contributed by atoms with Gasteiger partial charge in [0.1, 0.15) is 6.10 Å². The minimum absolute atomic E-state index is 0.104. The molecule has 116 valence electrons. The summed E-state index contributed by atoms with van der Waals surface area (Å²) < 4.78 is 11.5. The van der Waals surface area contributed by atoms with Gasteiger partial charge in [0.15, 0.2) is 5.79 Å². The molecule has 0 saturated carbocycles. The number of rotatable bonds is 8. The van der Waals surface area contributed by atoms with E-state index in [1.54, 1.807) is 13.0 Å². The summed E-state index contributed by atoms with van der Waals surface area (Å²) in [6, 6.07) is 0. The van der Waals surface area contributed by atoms with Gasteiger partial charge in [0.05, 0.1) is 12.2 Å². The van der Waals surface area contributed by atoms with Gasteiger partial charge >= 0.3 is 5.97 Å². The van der Waals surface area contributed by atoms with Gasteiger partial charge in [-0.2, -0.15) is 0 Å². The number of carboxylic acid groups (broad SMARTS) is 1. The summed E-state index contributed by atoms with van der Waals surface area (Å²) in [7, 11) is 0. The monoisotopic (exact) mass is 286 g/mol. The third kappa shape index (κ3) is 6.50. The summed E-state index contributed by atoms with van der Waals surface area (Å²) in [5.74, 6) is -1.65. The maximum absolute atomic E-state index is 10.6. The van der Waals surface area contributed by atoms with Crippen LogP contribution in [0.2, 0.25) is 0 Å². The number of aliphatic hydroxyl groups is 1. The molecule has 1 heterocycles. The van der Waals surface area contributed by atoms with E-state index in [1.807, 2.05) is 13.8 Å². The zero-order chi connectivity index (χ0) is 15.2. The quantitative estimate of drug-likeness (QED) is 0.529. The second kappa shape index (κ2) is 7.76. The number of carboxylic acids is 1. The van der Waals surface area contributed by atoms with Crippen molar-refractivity contribution in [3.63, 3.8) is 0 Å². The van der Waals surface area contributed by atoms with E-state index in [9.17, 15) is 9.90 Å². The molecule has 0 amide bonds. The van der Waals surface area contributed by atoms with Gasteiger partial charge in [0, 0.05) is 6.08 Å². The van der Waals surface area contributed by atoms with Crippen molar-refractivity contribution in [3.05, 3.63) is 12.2 Å². The van der Waals surface area contributed by atoms with E-state index in [1.165, 1.54) is 0 Å². The molecule has 1 fully saturated rings. The lowest BCUT2D eigenvalue weighted by Crippen LogP contribution is -2.21. The lowest BCUT2D eigenvalue weighted by atomic mass is 10.0. The lowest BCUT2D eigenvalue weighted by molar-refractivity contribution is -0.143. The molecule has 0 radical (unpaired) electrons. The van der Waals surface area contributed by atoms with Crippen LogP contribution >= 0.6 is 0 Å². The van der Waals surface area contributed by atoms with Crippen LogP contribution in [0.5, 0.6) is 0 Å². The highest BCUT2D eigenvalue weighted by Gasteiger charge is 2.39. The molecule has 1 aliphatic heterocycles. The van der Waals surface area contributed by atoms with Gasteiger partial charge < -0.3 is 19.7 Å². The van der Waals surface area contributed by atoms with Crippen molar-refractivity contribution in [2.24, 2.45) is 0 Å². The third-order valence-corrected chi connectivity index (χ3v) is 3.26. The SMILES string of the molecule is C[C@@H](O)CCCCC[C@@H]1OC(C)(C)O[C@H]1/C=C/C(=O)O. The maximum Gasteiger partial charge on any atom is 0.328 e. The smallest absolute Gasteiger partial charge is 0.328 e. The average Bonchev–Trinajstić information content (AvgIpc) is 2.60. The van der Waals surface area contributed by atoms with E-state index in [0.717, 1.165) is 38.2 Å². The Balaban J connectivity index is 2.38. The Morgan fingerprint density at radius 2 is 2.00 bits per heavy atom. The van der Waals surface area contributed by atoms with Crippen molar-refractivity contribution in [2.75, 3.05) is 0 Å². The van der Waals surface area contributed by atoms with Crippen molar-refractivity contribution in [1.29, 1.82) is 0 Å². The minimum Gasteiger partial charge on any atom is -0.478 e. The van der Waals surface area contributed by atoms with Crippen LogP contribution in [0.25, 0.3) is 0 Å². The minimum atomic E-state index is -0.978. The molecule has 0 spiro atoms. The van der Waals surface area contributed by atoms with Gasteiger partial charge in [-0.05, 0) is 39.7 Å². The zero-order valence-electron chi connectivity index (χ0n) is 12.5. The normalized spacial score (nSPS) is 27.0. The number of hydrogen-bond acceptors (Lipinski definition) is 4. The number of carbonyl (C=O) groups is 1. The molecule has 5 nitrogen and oxygen atoms in total. The summed E-state index contributed by atoms with van der Waals surface area (Å²) in [6.07, 6.45) is 6.65. The van der Waals surface area contributed by atoms with E-state index < -0.39 is 11.8 Å². The van der Waals surface area contributed by atoms with Crippen molar-refractivity contribution >= 4 is 5.97 Å². The van der Waals surface area contributed by atoms with E-state index >= 15 is 0 Å². The number of aliphatic hydroxyl groups excluding tert-OH is 1. The second-order valence-corrected chi connectivity index (χ2v) is 5.82. The van der Waals surface area contributed by atoms with Crippen molar-refractivity contribution in [2.45, 2.75) is 77.0 Å². The lowest BCUT2D eigenvalue weighted by Gasteiger charge is -2.16.